The molecule has 4 N–H and O–H groups in total. The molecule has 2 aliphatic rings. The molecule has 9 nitrogen and oxygen atoms in total. The maximum absolute atomic E-state index is 13.0. The summed E-state index contributed by atoms with van der Waals surface area (Å²) in [5.41, 5.74) is 1.38. The van der Waals surface area contributed by atoms with Gasteiger partial charge in [0, 0.05) is 23.4 Å². The van der Waals surface area contributed by atoms with Crippen molar-refractivity contribution in [1.82, 2.24) is 20.9 Å². The molecule has 1 aliphatic heterocycles. The van der Waals surface area contributed by atoms with Gasteiger partial charge >= 0.3 is 0 Å². The number of nitrogens with one attached hydrogen (secondary N) is 4. The lowest BCUT2D eigenvalue weighted by molar-refractivity contribution is -0.128. The van der Waals surface area contributed by atoms with Crippen molar-refractivity contribution in [2.24, 2.45) is 11.8 Å². The maximum Gasteiger partial charge on any atom is 0.268 e. The first-order valence-corrected chi connectivity index (χ1v) is 11.3. The maximum atomic E-state index is 13.0. The van der Waals surface area contributed by atoms with Crippen LogP contribution in [-0.2, 0) is 9.59 Å². The minimum Gasteiger partial charge on any atom is -0.356 e. The molecular weight excluding hydrogens is 420 g/mol. The molecule has 2 unspecified atom stereocenters. The molecule has 1 aliphatic carbocycles. The highest BCUT2D eigenvalue weighted by atomic mass is 16.2. The topological polar surface area (TPSA) is 151 Å². The molecule has 1 aromatic carbocycles. The summed E-state index contributed by atoms with van der Waals surface area (Å²) >= 11 is 0. The van der Waals surface area contributed by atoms with Gasteiger partial charge < -0.3 is 20.9 Å². The minimum atomic E-state index is -0.809. The highest BCUT2D eigenvalue weighted by Crippen LogP contribution is 2.33. The van der Waals surface area contributed by atoms with Crippen LogP contribution in [0, 0.1) is 34.5 Å². The molecule has 4 rings (SSSR count). The third-order valence-electron chi connectivity index (χ3n) is 6.31. The number of hydrogen-bond acceptors (Lipinski definition) is 5. The molecule has 2 aromatic rings. The predicted molar refractivity (Wildman–Crippen MR) is 120 cm³/mol. The third-order valence-corrected chi connectivity index (χ3v) is 6.31. The van der Waals surface area contributed by atoms with Crippen LogP contribution in [-0.4, -0.2) is 41.3 Å². The Kier molecular flexibility index (Phi) is 6.60. The summed E-state index contributed by atoms with van der Waals surface area (Å²) in [7, 11) is 0. The van der Waals surface area contributed by atoms with Crippen LogP contribution in [0.1, 0.15) is 54.6 Å². The first-order chi connectivity index (χ1) is 16.0. The Bertz CT molecular complexity index is 1150. The number of nitrogens with zero attached hydrogens (tertiary/aromatic N) is 2. The van der Waals surface area contributed by atoms with E-state index in [2.05, 4.69) is 33.1 Å². The zero-order valence-corrected chi connectivity index (χ0v) is 18.2. The smallest absolute Gasteiger partial charge is 0.268 e. The minimum absolute atomic E-state index is 0.0888. The number of rotatable bonds is 8. The van der Waals surface area contributed by atoms with Gasteiger partial charge in [-0.05, 0) is 49.8 Å². The van der Waals surface area contributed by atoms with Gasteiger partial charge in [-0.25, -0.2) is 0 Å². The van der Waals surface area contributed by atoms with E-state index in [0.29, 0.717) is 41.8 Å². The van der Waals surface area contributed by atoms with Crippen LogP contribution >= 0.6 is 0 Å². The van der Waals surface area contributed by atoms with Gasteiger partial charge in [-0.3, -0.25) is 14.4 Å². The fourth-order valence-electron chi connectivity index (χ4n) is 4.29. The zero-order chi connectivity index (χ0) is 23.4. The first kappa shape index (κ1) is 22.3. The van der Waals surface area contributed by atoms with E-state index in [4.69, 9.17) is 0 Å². The Morgan fingerprint density at radius 2 is 1.97 bits per heavy atom. The van der Waals surface area contributed by atoms with Crippen molar-refractivity contribution >= 4 is 28.6 Å². The van der Waals surface area contributed by atoms with E-state index in [1.807, 2.05) is 0 Å². The van der Waals surface area contributed by atoms with Gasteiger partial charge in [0.15, 0.2) is 0 Å². The number of carbonyl (C=O) groups excluding carboxylic acids is 3. The average Bonchev–Trinajstić information content (AvgIpc) is 3.53. The standard InChI is InChI=1S/C24H26N6O3/c25-12-16-3-1-5-19-18(16)11-21(29-19)24(33)30-20(9-14-6-7-14)23(32)28-17(13-26)10-15-4-2-8-27-22(15)31/h1,3,5,11,14-15,17,20,29H,2,4,6-10H2,(H,27,31)(H,28,32)(H,30,33)/t15-,17?,20?/m0/s1. The van der Waals surface area contributed by atoms with Gasteiger partial charge in [0.1, 0.15) is 17.8 Å². The second-order valence-electron chi connectivity index (χ2n) is 8.82. The van der Waals surface area contributed by atoms with Crippen LogP contribution in [0.2, 0.25) is 0 Å². The van der Waals surface area contributed by atoms with Crippen LogP contribution in [0.15, 0.2) is 24.3 Å². The lowest BCUT2D eigenvalue weighted by Gasteiger charge is -2.25. The summed E-state index contributed by atoms with van der Waals surface area (Å²) in [5, 5.41) is 27.8. The zero-order valence-electron chi connectivity index (χ0n) is 18.2. The van der Waals surface area contributed by atoms with Crippen LogP contribution in [0.25, 0.3) is 10.9 Å². The van der Waals surface area contributed by atoms with E-state index >= 15 is 0 Å². The number of carbonyl (C=O) groups is 3. The van der Waals surface area contributed by atoms with Crippen LogP contribution in [0.5, 0.6) is 0 Å². The number of hydrogen-bond donors (Lipinski definition) is 4. The molecule has 0 bridgehead atoms. The Morgan fingerprint density at radius 1 is 1.15 bits per heavy atom. The normalized spacial score (nSPS) is 19.6. The van der Waals surface area contributed by atoms with Crippen molar-refractivity contribution in [2.45, 2.75) is 50.6 Å². The molecular formula is C24H26N6O3. The second-order valence-corrected chi connectivity index (χ2v) is 8.82. The number of amides is 3. The van der Waals surface area contributed by atoms with Gasteiger partial charge in [0.05, 0.1) is 17.7 Å². The molecule has 3 atom stereocenters. The summed E-state index contributed by atoms with van der Waals surface area (Å²) in [4.78, 5) is 41.0. The summed E-state index contributed by atoms with van der Waals surface area (Å²) in [6, 6.07) is 9.38. The van der Waals surface area contributed by atoms with Crippen molar-refractivity contribution in [1.29, 1.82) is 10.5 Å². The molecule has 1 saturated heterocycles. The van der Waals surface area contributed by atoms with Crippen molar-refractivity contribution in [2.75, 3.05) is 6.54 Å². The lowest BCUT2D eigenvalue weighted by Crippen LogP contribution is -2.50. The van der Waals surface area contributed by atoms with Crippen molar-refractivity contribution in [3.05, 3.63) is 35.5 Å². The largest absolute Gasteiger partial charge is 0.356 e. The second kappa shape index (κ2) is 9.74. The van der Waals surface area contributed by atoms with E-state index in [9.17, 15) is 24.9 Å². The molecule has 0 radical (unpaired) electrons. The Balaban J connectivity index is 1.44. The van der Waals surface area contributed by atoms with Gasteiger partial charge in [0.25, 0.3) is 5.91 Å². The summed E-state index contributed by atoms with van der Waals surface area (Å²) in [6.07, 6.45) is 4.28. The van der Waals surface area contributed by atoms with Gasteiger partial charge in [-0.2, -0.15) is 10.5 Å². The van der Waals surface area contributed by atoms with Crippen molar-refractivity contribution < 1.29 is 14.4 Å². The van der Waals surface area contributed by atoms with E-state index in [0.717, 1.165) is 19.3 Å². The molecule has 33 heavy (non-hydrogen) atoms. The average molecular weight is 447 g/mol. The lowest BCUT2D eigenvalue weighted by atomic mass is 9.92. The molecule has 2 heterocycles. The number of nitriles is 2. The van der Waals surface area contributed by atoms with E-state index in [1.54, 1.807) is 24.3 Å². The number of aromatic nitrogens is 1. The first-order valence-electron chi connectivity index (χ1n) is 11.3. The van der Waals surface area contributed by atoms with Crippen LogP contribution in [0.3, 0.4) is 0 Å². The molecule has 3 amide bonds. The van der Waals surface area contributed by atoms with Crippen LogP contribution < -0.4 is 16.0 Å². The van der Waals surface area contributed by atoms with Gasteiger partial charge in [-0.15, -0.1) is 0 Å². The number of H-pyrrole nitrogens is 1. The molecule has 2 fully saturated rings. The Labute approximate surface area is 191 Å². The van der Waals surface area contributed by atoms with Crippen molar-refractivity contribution in [3.63, 3.8) is 0 Å². The van der Waals surface area contributed by atoms with Gasteiger partial charge in [-0.1, -0.05) is 18.9 Å². The molecule has 0 spiro atoms. The Hall–Kier alpha value is -3.85. The van der Waals surface area contributed by atoms with E-state index in [1.165, 1.54) is 0 Å². The fraction of sp³-hybridized carbons (Fsp3) is 0.458. The third kappa shape index (κ3) is 5.32. The molecule has 170 valence electrons. The van der Waals surface area contributed by atoms with Crippen LogP contribution in [0.4, 0.5) is 0 Å². The summed E-state index contributed by atoms with van der Waals surface area (Å²) < 4.78 is 0. The van der Waals surface area contributed by atoms with Gasteiger partial charge in [0.2, 0.25) is 11.8 Å². The number of fused-ring (bicyclic) bond motifs is 1. The molecule has 1 saturated carbocycles. The van der Waals surface area contributed by atoms with E-state index < -0.39 is 23.9 Å². The predicted octanol–water partition coefficient (Wildman–Crippen LogP) is 1.86. The quantitative estimate of drug-likeness (QED) is 0.488. The van der Waals surface area contributed by atoms with E-state index in [-0.39, 0.29) is 23.9 Å². The number of aromatic amines is 1. The highest BCUT2D eigenvalue weighted by Gasteiger charge is 2.33. The fourth-order valence-corrected chi connectivity index (χ4v) is 4.29. The number of piperidine rings is 1. The number of benzene rings is 1. The van der Waals surface area contributed by atoms with Crippen molar-refractivity contribution in [3.8, 4) is 12.1 Å². The monoisotopic (exact) mass is 446 g/mol. The molecule has 1 aromatic heterocycles. The Morgan fingerprint density at radius 3 is 2.67 bits per heavy atom. The summed E-state index contributed by atoms with van der Waals surface area (Å²) in [6.45, 7) is 0.637. The highest BCUT2D eigenvalue weighted by molar-refractivity contribution is 6.01. The summed E-state index contributed by atoms with van der Waals surface area (Å²) in [5.74, 6) is -0.906. The molecule has 9 heteroatoms. The SMILES string of the molecule is N#Cc1cccc2[nH]c(C(=O)NC(CC3CC3)C(=O)NC(C#N)C[C@@H]3CCCNC3=O)cc12.